The third-order valence-electron chi connectivity index (χ3n) is 2.79. The van der Waals surface area contributed by atoms with E-state index in [9.17, 15) is 23.5 Å². The van der Waals surface area contributed by atoms with Crippen molar-refractivity contribution in [1.29, 1.82) is 0 Å². The third kappa shape index (κ3) is 3.83. The molecule has 0 fully saturated rings. The Labute approximate surface area is 131 Å². The molecule has 0 aromatic heterocycles. The number of esters is 1. The summed E-state index contributed by atoms with van der Waals surface area (Å²) in [6.07, 6.45) is 0. The number of carbonyl (C=O) groups excluding carboxylic acids is 1. The molecule has 22 heavy (non-hydrogen) atoms. The van der Waals surface area contributed by atoms with Gasteiger partial charge in [0, 0.05) is 5.56 Å². The maximum Gasteiger partial charge on any atom is 0.379 e. The number of hydrogen-bond donors (Lipinski definition) is 3. The van der Waals surface area contributed by atoms with Crippen molar-refractivity contribution in [3.8, 4) is 5.75 Å². The first-order valence-corrected chi connectivity index (χ1v) is 6.00. The second-order valence-corrected chi connectivity index (χ2v) is 4.38. The zero-order valence-electron chi connectivity index (χ0n) is 11.8. The first-order chi connectivity index (χ1) is 9.62. The average Bonchev–Trinajstić information content (AvgIpc) is 2.40. The molecule has 0 aliphatic heterocycles. The Morgan fingerprint density at radius 1 is 1.41 bits per heavy atom. The quantitative estimate of drug-likeness (QED) is 0.708. The molecule has 0 aliphatic rings. The van der Waals surface area contributed by atoms with Crippen LogP contribution in [0.1, 0.15) is 34.5 Å². The van der Waals surface area contributed by atoms with Crippen molar-refractivity contribution < 1.29 is 33.3 Å². The van der Waals surface area contributed by atoms with Gasteiger partial charge in [-0.15, -0.1) is 12.4 Å². The van der Waals surface area contributed by atoms with Gasteiger partial charge in [0.2, 0.25) is 0 Å². The number of alkyl halides is 2. The summed E-state index contributed by atoms with van der Waals surface area (Å²) in [7, 11) is 0. The van der Waals surface area contributed by atoms with Crippen LogP contribution < -0.4 is 5.73 Å². The van der Waals surface area contributed by atoms with Crippen molar-refractivity contribution >= 4 is 24.3 Å². The number of hydrogen-bond acceptors (Lipinski definition) is 5. The highest BCUT2D eigenvalue weighted by atomic mass is 35.5. The van der Waals surface area contributed by atoms with Gasteiger partial charge in [-0.05, 0) is 25.5 Å². The second kappa shape index (κ2) is 7.37. The smallest absolute Gasteiger partial charge is 0.379 e. The van der Waals surface area contributed by atoms with E-state index in [0.717, 1.165) is 12.1 Å². The Hall–Kier alpha value is -1.93. The van der Waals surface area contributed by atoms with Crippen molar-refractivity contribution in [1.82, 2.24) is 0 Å². The van der Waals surface area contributed by atoms with Crippen LogP contribution in [0.25, 0.3) is 0 Å². The Morgan fingerprint density at radius 2 is 1.95 bits per heavy atom. The van der Waals surface area contributed by atoms with Crippen molar-refractivity contribution in [2.75, 3.05) is 6.61 Å². The monoisotopic (exact) mass is 339 g/mol. The van der Waals surface area contributed by atoms with Gasteiger partial charge in [0.15, 0.2) is 0 Å². The van der Waals surface area contributed by atoms with Crippen molar-refractivity contribution in [2.45, 2.75) is 25.8 Å². The summed E-state index contributed by atoms with van der Waals surface area (Å²) in [6.45, 7) is 2.54. The number of rotatable bonds is 5. The molecule has 1 aromatic rings. The minimum Gasteiger partial charge on any atom is -0.507 e. The number of carboxylic acids is 1. The summed E-state index contributed by atoms with van der Waals surface area (Å²) < 4.78 is 32.0. The highest BCUT2D eigenvalue weighted by molar-refractivity contribution is 5.92. The summed E-state index contributed by atoms with van der Waals surface area (Å²) in [6, 6.07) is -0.0229. The van der Waals surface area contributed by atoms with Crippen LogP contribution in [-0.4, -0.2) is 34.7 Å². The summed E-state index contributed by atoms with van der Waals surface area (Å²) in [4.78, 5) is 22.2. The highest BCUT2D eigenvalue weighted by Crippen LogP contribution is 2.37. The molecule has 0 bridgehead atoms. The summed E-state index contributed by atoms with van der Waals surface area (Å²) in [5, 5.41) is 18.7. The van der Waals surface area contributed by atoms with Gasteiger partial charge in [0.1, 0.15) is 17.4 Å². The van der Waals surface area contributed by atoms with E-state index in [1.54, 1.807) is 0 Å². The Bertz CT molecular complexity index is 580. The van der Waals surface area contributed by atoms with E-state index in [1.807, 2.05) is 0 Å². The van der Waals surface area contributed by atoms with Gasteiger partial charge in [-0.3, -0.25) is 0 Å². The number of carbonyl (C=O) groups is 2. The van der Waals surface area contributed by atoms with Gasteiger partial charge in [-0.2, -0.15) is 8.78 Å². The predicted octanol–water partition coefficient (Wildman–Crippen LogP) is 2.02. The number of benzene rings is 1. The van der Waals surface area contributed by atoms with Crippen LogP contribution in [0.3, 0.4) is 0 Å². The lowest BCUT2D eigenvalue weighted by Crippen LogP contribution is -2.41. The van der Waals surface area contributed by atoms with Crippen LogP contribution in [0.5, 0.6) is 5.75 Å². The zero-order chi connectivity index (χ0) is 16.4. The summed E-state index contributed by atoms with van der Waals surface area (Å²) >= 11 is 0. The SMILES string of the molecule is CCOC(=O)C(F)(F)[C@H](N)c1cc(C)cc(C(=O)O)c1O.Cl. The molecule has 124 valence electrons. The van der Waals surface area contributed by atoms with E-state index in [1.165, 1.54) is 13.8 Å². The van der Waals surface area contributed by atoms with Gasteiger partial charge in [0.25, 0.3) is 0 Å². The van der Waals surface area contributed by atoms with Crippen molar-refractivity contribution in [3.63, 3.8) is 0 Å². The van der Waals surface area contributed by atoms with E-state index < -0.39 is 40.8 Å². The molecule has 1 rings (SSSR count). The van der Waals surface area contributed by atoms with E-state index in [-0.39, 0.29) is 19.0 Å². The number of halogens is 3. The molecular weight excluding hydrogens is 324 g/mol. The standard InChI is InChI=1S/C13H15F2NO5.ClH/c1-3-21-12(20)13(14,15)10(16)7-4-6(2)5-8(9(7)17)11(18)19;/h4-5,10,17H,3,16H2,1-2H3,(H,18,19);1H/t10-;/m1./s1. The lowest BCUT2D eigenvalue weighted by atomic mass is 9.95. The van der Waals surface area contributed by atoms with Crippen LogP contribution in [0, 0.1) is 6.92 Å². The van der Waals surface area contributed by atoms with E-state index in [4.69, 9.17) is 10.8 Å². The van der Waals surface area contributed by atoms with Gasteiger partial charge >= 0.3 is 17.9 Å². The maximum absolute atomic E-state index is 13.9. The predicted molar refractivity (Wildman–Crippen MR) is 75.6 cm³/mol. The van der Waals surface area contributed by atoms with E-state index >= 15 is 0 Å². The average molecular weight is 340 g/mol. The number of nitrogens with two attached hydrogens (primary N) is 1. The molecular formula is C13H16ClF2NO5. The molecule has 4 N–H and O–H groups in total. The van der Waals surface area contributed by atoms with Crippen LogP contribution in [0.15, 0.2) is 12.1 Å². The van der Waals surface area contributed by atoms with Crippen LogP contribution in [-0.2, 0) is 9.53 Å². The van der Waals surface area contributed by atoms with Crippen molar-refractivity contribution in [2.24, 2.45) is 5.73 Å². The highest BCUT2D eigenvalue weighted by Gasteiger charge is 2.49. The molecule has 6 nitrogen and oxygen atoms in total. The second-order valence-electron chi connectivity index (χ2n) is 4.38. The van der Waals surface area contributed by atoms with Gasteiger partial charge in [-0.25, -0.2) is 9.59 Å². The fourth-order valence-corrected chi connectivity index (χ4v) is 1.76. The third-order valence-corrected chi connectivity index (χ3v) is 2.79. The van der Waals surface area contributed by atoms with Crippen LogP contribution in [0.4, 0.5) is 8.78 Å². The molecule has 0 unspecified atom stereocenters. The zero-order valence-corrected chi connectivity index (χ0v) is 12.6. The molecule has 0 aliphatic carbocycles. The fraction of sp³-hybridized carbons (Fsp3) is 0.385. The normalized spacial score (nSPS) is 12.2. The van der Waals surface area contributed by atoms with Gasteiger partial charge in [-0.1, -0.05) is 6.07 Å². The molecule has 9 heteroatoms. The first kappa shape index (κ1) is 20.1. The minimum absolute atomic E-state index is 0. The molecule has 0 heterocycles. The van der Waals surface area contributed by atoms with Crippen molar-refractivity contribution in [3.05, 3.63) is 28.8 Å². The maximum atomic E-state index is 13.9. The Balaban J connectivity index is 0.00000441. The van der Waals surface area contributed by atoms with Crippen LogP contribution >= 0.6 is 12.4 Å². The number of aryl methyl sites for hydroxylation is 1. The first-order valence-electron chi connectivity index (χ1n) is 6.00. The number of aromatic carboxylic acids is 1. The number of carboxylic acid groups (broad SMARTS) is 1. The molecule has 0 spiro atoms. The Kier molecular flexibility index (Phi) is 6.72. The molecule has 1 atom stereocenters. The molecule has 0 saturated carbocycles. The van der Waals surface area contributed by atoms with Crippen LogP contribution in [0.2, 0.25) is 0 Å². The summed E-state index contributed by atoms with van der Waals surface area (Å²) in [5.74, 6) is -8.33. The lowest BCUT2D eigenvalue weighted by molar-refractivity contribution is -0.174. The molecule has 0 saturated heterocycles. The Morgan fingerprint density at radius 3 is 2.41 bits per heavy atom. The lowest BCUT2D eigenvalue weighted by Gasteiger charge is -2.23. The molecule has 1 aromatic carbocycles. The number of ether oxygens (including phenoxy) is 1. The van der Waals surface area contributed by atoms with E-state index in [2.05, 4.69) is 4.74 Å². The van der Waals surface area contributed by atoms with E-state index in [0.29, 0.717) is 5.56 Å². The largest absolute Gasteiger partial charge is 0.507 e. The molecule has 0 radical (unpaired) electrons. The number of aromatic hydroxyl groups is 1. The fourth-order valence-electron chi connectivity index (χ4n) is 1.76. The summed E-state index contributed by atoms with van der Waals surface area (Å²) in [5.41, 5.74) is 4.53. The van der Waals surface area contributed by atoms with Gasteiger partial charge in [0.05, 0.1) is 6.61 Å². The van der Waals surface area contributed by atoms with Gasteiger partial charge < -0.3 is 20.7 Å². The molecule has 0 amide bonds. The minimum atomic E-state index is -4.10. The topological polar surface area (TPSA) is 110 Å². The number of phenols is 1.